The summed E-state index contributed by atoms with van der Waals surface area (Å²) in [4.78, 5) is 18.7. The van der Waals surface area contributed by atoms with Crippen molar-refractivity contribution in [2.75, 3.05) is 26.2 Å². The minimum Gasteiger partial charge on any atom is -0.504 e. The normalized spacial score (nSPS) is 14.3. The number of aromatic nitrogens is 1. The number of amides is 1. The van der Waals surface area contributed by atoms with Crippen LogP contribution >= 0.6 is 11.3 Å². The van der Waals surface area contributed by atoms with Crippen LogP contribution in [-0.2, 0) is 11.3 Å². The van der Waals surface area contributed by atoms with Crippen molar-refractivity contribution >= 4 is 27.5 Å². The summed E-state index contributed by atoms with van der Waals surface area (Å²) < 4.78 is 6.92. The predicted molar refractivity (Wildman–Crippen MR) is 111 cm³/mol. The van der Waals surface area contributed by atoms with Gasteiger partial charge >= 0.3 is 0 Å². The van der Waals surface area contributed by atoms with E-state index in [-0.39, 0.29) is 11.7 Å². The van der Waals surface area contributed by atoms with E-state index in [0.717, 1.165) is 26.4 Å². The number of aromatic hydroxyl groups is 1. The third kappa shape index (κ3) is 3.95. The Kier molecular flexibility index (Phi) is 5.45. The highest BCUT2D eigenvalue weighted by Gasteiger charge is 2.21. The van der Waals surface area contributed by atoms with Gasteiger partial charge in [0.15, 0.2) is 11.5 Å². The van der Waals surface area contributed by atoms with Gasteiger partial charge in [-0.15, -0.1) is 11.3 Å². The number of fused-ring (bicyclic) bond motifs is 2. The largest absolute Gasteiger partial charge is 0.504 e. The van der Waals surface area contributed by atoms with Crippen LogP contribution in [0.2, 0.25) is 0 Å². The fraction of sp³-hybridized carbons (Fsp3) is 0.333. The summed E-state index contributed by atoms with van der Waals surface area (Å²) in [5, 5.41) is 14.2. The summed E-state index contributed by atoms with van der Waals surface area (Å²) in [5.74, 6) is 0.724. The van der Waals surface area contributed by atoms with Gasteiger partial charge in [-0.3, -0.25) is 9.69 Å². The number of hydrogen-bond acceptors (Lipinski definition) is 6. The number of hydrogen-bond donors (Lipinski definition) is 2. The third-order valence-corrected chi connectivity index (χ3v) is 5.85. The van der Waals surface area contributed by atoms with Crippen molar-refractivity contribution in [3.8, 4) is 22.1 Å². The maximum absolute atomic E-state index is 11.8. The number of ether oxygens (including phenoxy) is 1. The lowest BCUT2D eigenvalue weighted by Crippen LogP contribution is -2.31. The molecular formula is C21H23N3O3S. The van der Waals surface area contributed by atoms with Gasteiger partial charge in [-0.1, -0.05) is 12.1 Å². The van der Waals surface area contributed by atoms with E-state index >= 15 is 0 Å². The standard InChI is InChI=1S/C21H23N3O3S/c1-2-22-19(26)7-8-24-9-10-27-20-15(13-24)11-14(12-17(20)25)21-23-16-5-3-4-6-18(16)28-21/h3-6,11-12,25H,2,7-10,13H2,1H3,(H,22,26). The number of benzene rings is 2. The highest BCUT2D eigenvalue weighted by molar-refractivity contribution is 7.21. The van der Waals surface area contributed by atoms with Crippen LogP contribution in [0.5, 0.6) is 11.5 Å². The molecule has 0 unspecified atom stereocenters. The number of phenolic OH excluding ortho intramolecular Hbond substituents is 1. The van der Waals surface area contributed by atoms with E-state index in [1.165, 1.54) is 0 Å². The van der Waals surface area contributed by atoms with E-state index in [1.807, 2.05) is 37.3 Å². The lowest BCUT2D eigenvalue weighted by atomic mass is 10.1. The Morgan fingerprint density at radius 3 is 3.04 bits per heavy atom. The zero-order valence-corrected chi connectivity index (χ0v) is 16.6. The molecule has 0 aliphatic carbocycles. The zero-order chi connectivity index (χ0) is 19.5. The zero-order valence-electron chi connectivity index (χ0n) is 15.8. The molecule has 2 aromatic carbocycles. The fourth-order valence-electron chi connectivity index (χ4n) is 3.41. The number of para-hydroxylation sites is 1. The molecule has 0 saturated carbocycles. The summed E-state index contributed by atoms with van der Waals surface area (Å²) in [7, 11) is 0. The van der Waals surface area contributed by atoms with Crippen LogP contribution in [0.15, 0.2) is 36.4 Å². The molecule has 1 aromatic heterocycles. The number of carbonyl (C=O) groups is 1. The minimum atomic E-state index is 0.0546. The summed E-state index contributed by atoms with van der Waals surface area (Å²) in [6.45, 7) is 5.03. The van der Waals surface area contributed by atoms with E-state index in [4.69, 9.17) is 9.72 Å². The first-order chi connectivity index (χ1) is 13.6. The topological polar surface area (TPSA) is 74.7 Å². The van der Waals surface area contributed by atoms with E-state index in [9.17, 15) is 9.90 Å². The van der Waals surface area contributed by atoms with Gasteiger partial charge in [0.25, 0.3) is 0 Å². The molecule has 0 atom stereocenters. The number of nitrogens with one attached hydrogen (secondary N) is 1. The second-order valence-corrected chi connectivity index (χ2v) is 7.83. The Bertz CT molecular complexity index is 969. The van der Waals surface area contributed by atoms with E-state index in [1.54, 1.807) is 17.4 Å². The van der Waals surface area contributed by atoms with Gasteiger partial charge in [0.2, 0.25) is 5.91 Å². The molecule has 0 spiro atoms. The summed E-state index contributed by atoms with van der Waals surface area (Å²) in [5.41, 5.74) is 2.76. The van der Waals surface area contributed by atoms with E-state index in [0.29, 0.717) is 45.0 Å². The second-order valence-electron chi connectivity index (χ2n) is 6.80. The average Bonchev–Trinajstić information content (AvgIpc) is 3.01. The minimum absolute atomic E-state index is 0.0546. The maximum Gasteiger partial charge on any atom is 0.221 e. The molecule has 0 bridgehead atoms. The molecule has 28 heavy (non-hydrogen) atoms. The Hall–Kier alpha value is -2.64. The Morgan fingerprint density at radius 1 is 1.36 bits per heavy atom. The monoisotopic (exact) mass is 397 g/mol. The first-order valence-electron chi connectivity index (χ1n) is 9.47. The summed E-state index contributed by atoms with van der Waals surface area (Å²) in [6.07, 6.45) is 0.451. The van der Waals surface area contributed by atoms with Gasteiger partial charge in [-0.25, -0.2) is 4.98 Å². The molecule has 7 heteroatoms. The molecular weight excluding hydrogens is 374 g/mol. The first-order valence-corrected chi connectivity index (χ1v) is 10.3. The number of rotatable bonds is 5. The highest BCUT2D eigenvalue weighted by Crippen LogP contribution is 2.39. The number of phenols is 1. The number of thiazole rings is 1. The molecule has 4 rings (SSSR count). The molecule has 1 aliphatic rings. The lowest BCUT2D eigenvalue weighted by Gasteiger charge is -2.19. The summed E-state index contributed by atoms with van der Waals surface area (Å²) >= 11 is 1.61. The van der Waals surface area contributed by atoms with Crippen molar-refractivity contribution < 1.29 is 14.6 Å². The van der Waals surface area contributed by atoms with Gasteiger partial charge in [0, 0.05) is 43.7 Å². The van der Waals surface area contributed by atoms with Crippen molar-refractivity contribution in [1.82, 2.24) is 15.2 Å². The second kappa shape index (κ2) is 8.16. The molecule has 3 aromatic rings. The molecule has 2 N–H and O–H groups in total. The van der Waals surface area contributed by atoms with Gasteiger partial charge in [0.1, 0.15) is 11.6 Å². The maximum atomic E-state index is 11.8. The van der Waals surface area contributed by atoms with Crippen LogP contribution in [0.25, 0.3) is 20.8 Å². The van der Waals surface area contributed by atoms with Crippen LogP contribution in [0.3, 0.4) is 0 Å². The van der Waals surface area contributed by atoms with Gasteiger partial charge < -0.3 is 15.2 Å². The van der Waals surface area contributed by atoms with Crippen molar-refractivity contribution in [2.24, 2.45) is 0 Å². The Morgan fingerprint density at radius 2 is 2.21 bits per heavy atom. The average molecular weight is 398 g/mol. The third-order valence-electron chi connectivity index (χ3n) is 4.76. The van der Waals surface area contributed by atoms with Gasteiger partial charge in [-0.05, 0) is 31.2 Å². The molecule has 6 nitrogen and oxygen atoms in total. The van der Waals surface area contributed by atoms with Gasteiger partial charge in [0.05, 0.1) is 10.2 Å². The van der Waals surface area contributed by atoms with Crippen molar-refractivity contribution in [2.45, 2.75) is 19.9 Å². The highest BCUT2D eigenvalue weighted by atomic mass is 32.1. The lowest BCUT2D eigenvalue weighted by molar-refractivity contribution is -0.121. The van der Waals surface area contributed by atoms with E-state index in [2.05, 4.69) is 10.2 Å². The Labute approximate surface area is 167 Å². The van der Waals surface area contributed by atoms with Crippen LogP contribution in [0.4, 0.5) is 0 Å². The fourth-order valence-corrected chi connectivity index (χ4v) is 4.36. The van der Waals surface area contributed by atoms with Crippen molar-refractivity contribution in [3.05, 3.63) is 42.0 Å². The Balaban J connectivity index is 1.59. The van der Waals surface area contributed by atoms with Crippen molar-refractivity contribution in [1.29, 1.82) is 0 Å². The van der Waals surface area contributed by atoms with Crippen LogP contribution in [0.1, 0.15) is 18.9 Å². The van der Waals surface area contributed by atoms with Crippen LogP contribution < -0.4 is 10.1 Å². The summed E-state index contributed by atoms with van der Waals surface area (Å²) in [6, 6.07) is 11.8. The smallest absolute Gasteiger partial charge is 0.221 e. The molecule has 1 aliphatic heterocycles. The van der Waals surface area contributed by atoms with E-state index < -0.39 is 0 Å². The number of carbonyl (C=O) groups excluding carboxylic acids is 1. The molecule has 146 valence electrons. The molecule has 2 heterocycles. The quantitative estimate of drug-likeness (QED) is 0.690. The molecule has 0 fully saturated rings. The first kappa shape index (κ1) is 18.7. The molecule has 0 radical (unpaired) electrons. The molecule has 0 saturated heterocycles. The van der Waals surface area contributed by atoms with Gasteiger partial charge in [-0.2, -0.15) is 0 Å². The van der Waals surface area contributed by atoms with Crippen molar-refractivity contribution in [3.63, 3.8) is 0 Å². The number of nitrogens with zero attached hydrogens (tertiary/aromatic N) is 2. The van der Waals surface area contributed by atoms with Crippen LogP contribution in [0, 0.1) is 0 Å². The van der Waals surface area contributed by atoms with Crippen LogP contribution in [-0.4, -0.2) is 47.1 Å². The predicted octanol–water partition coefficient (Wildman–Crippen LogP) is 3.39. The molecule has 1 amide bonds. The SMILES string of the molecule is CCNC(=O)CCN1CCOc2c(O)cc(-c3nc4ccccc4s3)cc2C1.